The van der Waals surface area contributed by atoms with Gasteiger partial charge >= 0.3 is 0 Å². The summed E-state index contributed by atoms with van der Waals surface area (Å²) in [5, 5.41) is 6.83. The molecular formula is C25H31N9O. The molecule has 0 amide bonds. The molecule has 1 saturated heterocycles. The third-order valence-corrected chi connectivity index (χ3v) is 7.04. The Bertz CT molecular complexity index is 1230. The van der Waals surface area contributed by atoms with Gasteiger partial charge in [-0.15, -0.1) is 0 Å². The zero-order valence-electron chi connectivity index (χ0n) is 20.3. The van der Waals surface area contributed by atoms with Gasteiger partial charge in [-0.05, 0) is 32.0 Å². The van der Waals surface area contributed by atoms with Crippen LogP contribution in [-0.4, -0.2) is 77.8 Å². The second-order valence-electron chi connectivity index (χ2n) is 9.38. The highest BCUT2D eigenvalue weighted by Gasteiger charge is 2.24. The van der Waals surface area contributed by atoms with Crippen LogP contribution >= 0.6 is 0 Å². The van der Waals surface area contributed by atoms with Crippen molar-refractivity contribution in [2.75, 3.05) is 73.4 Å². The van der Waals surface area contributed by atoms with E-state index in [2.05, 4.69) is 60.3 Å². The molecule has 0 bridgehead atoms. The fourth-order valence-corrected chi connectivity index (χ4v) is 4.93. The number of hydrogen-bond donors (Lipinski definition) is 2. The Balaban J connectivity index is 1.19. The van der Waals surface area contributed by atoms with E-state index in [1.54, 1.807) is 0 Å². The van der Waals surface area contributed by atoms with Crippen molar-refractivity contribution in [2.24, 2.45) is 0 Å². The molecule has 0 saturated carbocycles. The molecule has 6 rings (SSSR count). The van der Waals surface area contributed by atoms with Crippen LogP contribution in [0.5, 0.6) is 5.88 Å². The largest absolute Gasteiger partial charge is 0.474 e. The highest BCUT2D eigenvalue weighted by Crippen LogP contribution is 2.36. The van der Waals surface area contributed by atoms with Gasteiger partial charge in [-0.3, -0.25) is 0 Å². The number of nitrogens with one attached hydrogen (secondary N) is 2. The summed E-state index contributed by atoms with van der Waals surface area (Å²) in [7, 11) is 2.16. The van der Waals surface area contributed by atoms with E-state index >= 15 is 0 Å². The number of hydrogen-bond acceptors (Lipinski definition) is 10. The summed E-state index contributed by atoms with van der Waals surface area (Å²) < 4.78 is 5.70. The second-order valence-corrected chi connectivity index (χ2v) is 9.38. The summed E-state index contributed by atoms with van der Waals surface area (Å²) in [6.45, 7) is 9.27. The Labute approximate surface area is 205 Å². The van der Waals surface area contributed by atoms with E-state index < -0.39 is 0 Å². The van der Waals surface area contributed by atoms with Crippen LogP contribution in [-0.2, 0) is 13.0 Å². The third kappa shape index (κ3) is 4.41. The molecule has 10 heteroatoms. The molecule has 0 spiro atoms. The van der Waals surface area contributed by atoms with Crippen molar-refractivity contribution in [3.8, 4) is 5.88 Å². The number of rotatable bonds is 4. The van der Waals surface area contributed by atoms with Gasteiger partial charge in [-0.25, -0.2) is 19.9 Å². The molecule has 0 unspecified atom stereocenters. The average Bonchev–Trinajstić information content (AvgIpc) is 2.89. The number of likely N-dealkylation sites (N-methyl/N-ethyl adjacent to an activating group) is 1. The lowest BCUT2D eigenvalue weighted by molar-refractivity contribution is 0.310. The van der Waals surface area contributed by atoms with Crippen LogP contribution in [0.1, 0.15) is 16.8 Å². The SMILES string of the molecule is Cc1c(N2CCc3cnc(Nc4ccnc(N5CCN(C)CC5)c4)nc3C2)cnc2c1NCCO2. The van der Waals surface area contributed by atoms with E-state index in [0.29, 0.717) is 18.4 Å². The monoisotopic (exact) mass is 473 g/mol. The maximum Gasteiger partial charge on any atom is 0.237 e. The minimum Gasteiger partial charge on any atom is -0.474 e. The van der Waals surface area contributed by atoms with Gasteiger partial charge in [0, 0.05) is 69.0 Å². The minimum absolute atomic E-state index is 0.608. The fraction of sp³-hybridized carbons (Fsp3) is 0.440. The van der Waals surface area contributed by atoms with Gasteiger partial charge in [-0.1, -0.05) is 0 Å². The molecule has 3 aliphatic rings. The molecule has 0 radical (unpaired) electrons. The summed E-state index contributed by atoms with van der Waals surface area (Å²) in [4.78, 5) is 25.6. The van der Waals surface area contributed by atoms with Crippen LogP contribution in [0.2, 0.25) is 0 Å². The highest BCUT2D eigenvalue weighted by molar-refractivity contribution is 5.70. The molecule has 35 heavy (non-hydrogen) atoms. The molecule has 1 fully saturated rings. The van der Waals surface area contributed by atoms with Crippen molar-refractivity contribution >= 4 is 28.8 Å². The molecule has 6 heterocycles. The van der Waals surface area contributed by atoms with E-state index in [-0.39, 0.29) is 0 Å². The van der Waals surface area contributed by atoms with E-state index in [0.717, 1.165) is 80.8 Å². The predicted molar refractivity (Wildman–Crippen MR) is 137 cm³/mol. The maximum atomic E-state index is 5.70. The van der Waals surface area contributed by atoms with Crippen molar-refractivity contribution < 1.29 is 4.74 Å². The van der Waals surface area contributed by atoms with Gasteiger partial charge in [0.05, 0.1) is 24.1 Å². The molecule has 0 atom stereocenters. The lowest BCUT2D eigenvalue weighted by atomic mass is 10.0. The van der Waals surface area contributed by atoms with Crippen molar-refractivity contribution in [1.29, 1.82) is 0 Å². The number of piperazine rings is 1. The van der Waals surface area contributed by atoms with Crippen molar-refractivity contribution in [3.63, 3.8) is 0 Å². The van der Waals surface area contributed by atoms with Gasteiger partial charge in [0.25, 0.3) is 0 Å². The Morgan fingerprint density at radius 1 is 1.03 bits per heavy atom. The van der Waals surface area contributed by atoms with Gasteiger partial charge < -0.3 is 30.1 Å². The van der Waals surface area contributed by atoms with Gasteiger partial charge in [-0.2, -0.15) is 0 Å². The number of pyridine rings is 2. The van der Waals surface area contributed by atoms with Gasteiger partial charge in [0.2, 0.25) is 11.8 Å². The first-order chi connectivity index (χ1) is 17.1. The minimum atomic E-state index is 0.608. The molecule has 10 nitrogen and oxygen atoms in total. The van der Waals surface area contributed by atoms with Crippen molar-refractivity contribution in [1.82, 2.24) is 24.8 Å². The summed E-state index contributed by atoms with van der Waals surface area (Å²) in [6.07, 6.45) is 6.62. The van der Waals surface area contributed by atoms with Gasteiger partial charge in [0.1, 0.15) is 18.1 Å². The zero-order valence-corrected chi connectivity index (χ0v) is 20.3. The second kappa shape index (κ2) is 9.18. The topological polar surface area (TPSA) is 94.6 Å². The molecule has 0 aromatic carbocycles. The van der Waals surface area contributed by atoms with Crippen molar-refractivity contribution in [2.45, 2.75) is 19.9 Å². The molecule has 3 aliphatic heterocycles. The molecule has 182 valence electrons. The summed E-state index contributed by atoms with van der Waals surface area (Å²) in [5.41, 5.74) is 6.47. The fourth-order valence-electron chi connectivity index (χ4n) is 4.93. The van der Waals surface area contributed by atoms with Crippen LogP contribution in [0.15, 0.2) is 30.7 Å². The van der Waals surface area contributed by atoms with E-state index in [1.807, 2.05) is 24.7 Å². The van der Waals surface area contributed by atoms with Crippen LogP contribution in [0.4, 0.5) is 28.8 Å². The first-order valence-electron chi connectivity index (χ1n) is 12.3. The Hall–Kier alpha value is -3.66. The Morgan fingerprint density at radius 2 is 1.91 bits per heavy atom. The third-order valence-electron chi connectivity index (χ3n) is 7.04. The lowest BCUT2D eigenvalue weighted by Crippen LogP contribution is -2.44. The molecular weight excluding hydrogens is 442 g/mol. The summed E-state index contributed by atoms with van der Waals surface area (Å²) >= 11 is 0. The molecule has 0 aliphatic carbocycles. The number of anilines is 5. The van der Waals surface area contributed by atoms with E-state index in [9.17, 15) is 0 Å². The predicted octanol–water partition coefficient (Wildman–Crippen LogP) is 2.44. The lowest BCUT2D eigenvalue weighted by Gasteiger charge is -2.33. The van der Waals surface area contributed by atoms with E-state index in [4.69, 9.17) is 9.72 Å². The molecule has 3 aromatic heterocycles. The summed E-state index contributed by atoms with van der Waals surface area (Å²) in [6, 6.07) is 4.05. The average molecular weight is 474 g/mol. The maximum absolute atomic E-state index is 5.70. The van der Waals surface area contributed by atoms with Crippen LogP contribution in [0.3, 0.4) is 0 Å². The number of fused-ring (bicyclic) bond motifs is 2. The van der Waals surface area contributed by atoms with Crippen LogP contribution in [0, 0.1) is 6.92 Å². The first kappa shape index (κ1) is 21.8. The first-order valence-corrected chi connectivity index (χ1v) is 12.3. The van der Waals surface area contributed by atoms with Crippen LogP contribution < -0.4 is 25.2 Å². The number of ether oxygens (including phenoxy) is 1. The Kier molecular flexibility index (Phi) is 5.73. The highest BCUT2D eigenvalue weighted by atomic mass is 16.5. The number of nitrogens with zero attached hydrogens (tertiary/aromatic N) is 7. The summed E-state index contributed by atoms with van der Waals surface area (Å²) in [5.74, 6) is 2.29. The normalized spacial score (nSPS) is 17.8. The molecule has 2 N–H and O–H groups in total. The van der Waals surface area contributed by atoms with Crippen LogP contribution in [0.25, 0.3) is 0 Å². The number of aromatic nitrogens is 4. The van der Waals surface area contributed by atoms with Gasteiger partial charge in [0.15, 0.2) is 0 Å². The standard InChI is InChI=1S/C25H31N9O/c1-17-21(15-28-24-23(17)27-6-12-35-24)34-7-4-18-14-29-25(31-20(18)16-34)30-19-3-5-26-22(13-19)33-10-8-32(2)9-11-33/h3,5,13-15,27H,4,6-12,16H2,1-2H3,(H,26,29,30,31). The Morgan fingerprint density at radius 3 is 2.80 bits per heavy atom. The smallest absolute Gasteiger partial charge is 0.237 e. The van der Waals surface area contributed by atoms with Crippen molar-refractivity contribution in [3.05, 3.63) is 47.5 Å². The quantitative estimate of drug-likeness (QED) is 0.588. The molecule has 3 aromatic rings. The zero-order chi connectivity index (χ0) is 23.8. The van der Waals surface area contributed by atoms with E-state index in [1.165, 1.54) is 11.1 Å².